The van der Waals surface area contributed by atoms with E-state index in [0.29, 0.717) is 0 Å². The zero-order valence-corrected chi connectivity index (χ0v) is 12.5. The van der Waals surface area contributed by atoms with Crippen molar-refractivity contribution >= 4 is 11.9 Å². The van der Waals surface area contributed by atoms with Crippen LogP contribution in [0.1, 0.15) is 37.2 Å². The van der Waals surface area contributed by atoms with Gasteiger partial charge in [0, 0.05) is 25.3 Å². The lowest BCUT2D eigenvalue weighted by molar-refractivity contribution is -0.204. The molecule has 1 aromatic carbocycles. The van der Waals surface area contributed by atoms with Gasteiger partial charge in [-0.3, -0.25) is 9.59 Å². The van der Waals surface area contributed by atoms with Gasteiger partial charge in [-0.2, -0.15) is 0 Å². The number of likely N-dealkylation sites (tertiary alicyclic amines) is 1. The first kappa shape index (κ1) is 13.6. The van der Waals surface area contributed by atoms with Gasteiger partial charge in [0.25, 0.3) is 0 Å². The van der Waals surface area contributed by atoms with E-state index in [0.717, 1.165) is 37.0 Å². The molecule has 2 fully saturated rings. The molecule has 1 saturated carbocycles. The number of carboxylic acid groups (broad SMARTS) is 1. The molecule has 5 heteroatoms. The number of carbonyl (C=O) groups excluding carboxylic acids is 1. The monoisotopic (exact) mass is 301 g/mol. The number of nitrogens with zero attached hydrogens (tertiary/aromatic N) is 1. The second-order valence-electron chi connectivity index (χ2n) is 6.58. The number of para-hydroxylation sites is 1. The van der Waals surface area contributed by atoms with Crippen LogP contribution < -0.4 is 4.74 Å². The highest BCUT2D eigenvalue weighted by molar-refractivity contribution is 5.99. The molecular weight excluding hydrogens is 282 g/mol. The molecule has 0 aromatic heterocycles. The Morgan fingerprint density at radius 2 is 2.14 bits per heavy atom. The molecule has 4 atom stereocenters. The van der Waals surface area contributed by atoms with Gasteiger partial charge in [-0.25, -0.2) is 0 Å². The summed E-state index contributed by atoms with van der Waals surface area (Å²) in [7, 11) is 1.70. The van der Waals surface area contributed by atoms with E-state index in [9.17, 15) is 14.7 Å². The van der Waals surface area contributed by atoms with Crippen molar-refractivity contribution in [3.05, 3.63) is 29.8 Å². The summed E-state index contributed by atoms with van der Waals surface area (Å²) in [5, 5.41) is 9.66. The number of hydrogen-bond donors (Lipinski definition) is 1. The molecule has 5 nitrogen and oxygen atoms in total. The number of amides is 1. The third-order valence-electron chi connectivity index (χ3n) is 5.67. The zero-order chi connectivity index (χ0) is 15.5. The zero-order valence-electron chi connectivity index (χ0n) is 12.5. The van der Waals surface area contributed by atoms with Crippen molar-refractivity contribution < 1.29 is 19.4 Å². The second kappa shape index (κ2) is 4.48. The summed E-state index contributed by atoms with van der Waals surface area (Å²) in [4.78, 5) is 26.1. The van der Waals surface area contributed by atoms with E-state index in [1.807, 2.05) is 24.3 Å². The number of ether oxygens (including phenoxy) is 1. The van der Waals surface area contributed by atoms with Crippen molar-refractivity contribution in [3.63, 3.8) is 0 Å². The summed E-state index contributed by atoms with van der Waals surface area (Å²) in [6.45, 7) is 0. The molecule has 2 bridgehead atoms. The second-order valence-corrected chi connectivity index (χ2v) is 6.58. The number of carboxylic acids is 1. The van der Waals surface area contributed by atoms with Crippen LogP contribution in [0, 0.1) is 11.8 Å². The minimum Gasteiger partial charge on any atom is -0.481 e. The van der Waals surface area contributed by atoms with Crippen molar-refractivity contribution in [2.75, 3.05) is 7.05 Å². The van der Waals surface area contributed by atoms with Gasteiger partial charge in [0.2, 0.25) is 5.91 Å². The first-order chi connectivity index (χ1) is 10.6. The summed E-state index contributed by atoms with van der Waals surface area (Å²) in [6, 6.07) is 7.58. The molecule has 0 unspecified atom stereocenters. The highest BCUT2D eigenvalue weighted by Gasteiger charge is 2.63. The maximum absolute atomic E-state index is 12.7. The van der Waals surface area contributed by atoms with Crippen LogP contribution in [0.5, 0.6) is 5.75 Å². The number of fused-ring (bicyclic) bond motifs is 2. The Balaban J connectivity index is 1.96. The Morgan fingerprint density at radius 1 is 1.36 bits per heavy atom. The van der Waals surface area contributed by atoms with Crippen LogP contribution in [0.25, 0.3) is 0 Å². The molecular formula is C17H19NO4. The highest BCUT2D eigenvalue weighted by Crippen LogP contribution is 2.58. The average Bonchev–Trinajstić information content (AvgIpc) is 2.52. The minimum absolute atomic E-state index is 0.0555. The van der Waals surface area contributed by atoms with Crippen molar-refractivity contribution in [2.24, 2.45) is 11.8 Å². The van der Waals surface area contributed by atoms with Gasteiger partial charge in [-0.05, 0) is 24.5 Å². The van der Waals surface area contributed by atoms with Crippen molar-refractivity contribution in [1.29, 1.82) is 0 Å². The Morgan fingerprint density at radius 3 is 2.91 bits per heavy atom. The SMILES string of the molecule is CN1C(=O)[C@@H](C(=O)O)[C@H]2c3ccccc3O[C@@]13CCCC[C@H]23. The van der Waals surface area contributed by atoms with Gasteiger partial charge in [0.1, 0.15) is 11.7 Å². The van der Waals surface area contributed by atoms with Crippen LogP contribution in [-0.4, -0.2) is 34.7 Å². The molecule has 116 valence electrons. The largest absolute Gasteiger partial charge is 0.481 e. The molecule has 0 spiro atoms. The minimum atomic E-state index is -1.03. The van der Waals surface area contributed by atoms with E-state index < -0.39 is 17.6 Å². The Kier molecular flexibility index (Phi) is 2.77. The summed E-state index contributed by atoms with van der Waals surface area (Å²) in [5.74, 6) is -1.86. The fourth-order valence-corrected chi connectivity index (χ4v) is 4.70. The number of benzene rings is 1. The molecule has 0 radical (unpaired) electrons. The molecule has 2 heterocycles. The average molecular weight is 301 g/mol. The van der Waals surface area contributed by atoms with E-state index in [2.05, 4.69) is 0 Å². The first-order valence-electron chi connectivity index (χ1n) is 7.85. The maximum Gasteiger partial charge on any atom is 0.316 e. The molecule has 22 heavy (non-hydrogen) atoms. The predicted molar refractivity (Wildman–Crippen MR) is 78.4 cm³/mol. The summed E-state index contributed by atoms with van der Waals surface area (Å²) in [5.41, 5.74) is 0.208. The van der Waals surface area contributed by atoms with Gasteiger partial charge < -0.3 is 14.7 Å². The van der Waals surface area contributed by atoms with Crippen LogP contribution in [0.4, 0.5) is 0 Å². The van der Waals surface area contributed by atoms with E-state index >= 15 is 0 Å². The quantitative estimate of drug-likeness (QED) is 0.808. The number of aliphatic carboxylic acids is 1. The third-order valence-corrected chi connectivity index (χ3v) is 5.67. The summed E-state index contributed by atoms with van der Waals surface area (Å²) >= 11 is 0. The van der Waals surface area contributed by atoms with Crippen molar-refractivity contribution in [3.8, 4) is 5.75 Å². The summed E-state index contributed by atoms with van der Waals surface area (Å²) < 4.78 is 6.32. The van der Waals surface area contributed by atoms with E-state index in [1.165, 1.54) is 0 Å². The van der Waals surface area contributed by atoms with Gasteiger partial charge in [0.15, 0.2) is 5.72 Å². The molecule has 1 N–H and O–H groups in total. The molecule has 1 aliphatic carbocycles. The highest BCUT2D eigenvalue weighted by atomic mass is 16.5. The normalized spacial score (nSPS) is 36.1. The lowest BCUT2D eigenvalue weighted by Crippen LogP contribution is -2.69. The van der Waals surface area contributed by atoms with Gasteiger partial charge in [-0.1, -0.05) is 24.6 Å². The fourth-order valence-electron chi connectivity index (χ4n) is 4.70. The topological polar surface area (TPSA) is 66.8 Å². The van der Waals surface area contributed by atoms with Crippen molar-refractivity contribution in [1.82, 2.24) is 4.90 Å². The molecule has 1 aromatic rings. The van der Waals surface area contributed by atoms with Gasteiger partial charge in [0.05, 0.1) is 0 Å². The van der Waals surface area contributed by atoms with Crippen LogP contribution >= 0.6 is 0 Å². The number of piperidine rings is 1. The lowest BCUT2D eigenvalue weighted by Gasteiger charge is -2.59. The molecule has 2 aliphatic heterocycles. The van der Waals surface area contributed by atoms with E-state index in [1.54, 1.807) is 11.9 Å². The molecule has 4 rings (SSSR count). The van der Waals surface area contributed by atoms with Gasteiger partial charge >= 0.3 is 5.97 Å². The lowest BCUT2D eigenvalue weighted by atomic mass is 9.61. The Hall–Kier alpha value is -2.04. The van der Waals surface area contributed by atoms with Crippen LogP contribution in [-0.2, 0) is 9.59 Å². The standard InChI is InChI=1S/C17H19NO4/c1-18-15(19)14(16(20)21)13-10-6-2-3-8-12(10)22-17(18)9-5-4-7-11(13)17/h2-3,6,8,11,13-14H,4-5,7,9H2,1H3,(H,20,21)/t11-,13+,14+,17-/m1/s1. The number of hydrogen-bond acceptors (Lipinski definition) is 3. The van der Waals surface area contributed by atoms with E-state index in [4.69, 9.17) is 4.74 Å². The number of carbonyl (C=O) groups is 2. The van der Waals surface area contributed by atoms with Crippen LogP contribution in [0.2, 0.25) is 0 Å². The predicted octanol–water partition coefficient (Wildman–Crippen LogP) is 2.22. The van der Waals surface area contributed by atoms with Crippen LogP contribution in [0.15, 0.2) is 24.3 Å². The summed E-state index contributed by atoms with van der Waals surface area (Å²) in [6.07, 6.45) is 3.74. The van der Waals surface area contributed by atoms with E-state index in [-0.39, 0.29) is 17.7 Å². The third kappa shape index (κ3) is 1.54. The molecule has 1 saturated heterocycles. The Labute approximate surface area is 128 Å². The molecule has 1 amide bonds. The van der Waals surface area contributed by atoms with Gasteiger partial charge in [-0.15, -0.1) is 0 Å². The van der Waals surface area contributed by atoms with Crippen LogP contribution in [0.3, 0.4) is 0 Å². The molecule has 3 aliphatic rings. The fraction of sp³-hybridized carbons (Fsp3) is 0.529. The first-order valence-corrected chi connectivity index (χ1v) is 7.85. The Bertz CT molecular complexity index is 658. The number of rotatable bonds is 1. The van der Waals surface area contributed by atoms with Crippen molar-refractivity contribution in [2.45, 2.75) is 37.3 Å². The smallest absolute Gasteiger partial charge is 0.316 e. The maximum atomic E-state index is 12.7.